The van der Waals surface area contributed by atoms with Crippen LogP contribution in [0.15, 0.2) is 22.7 Å². The second-order valence-electron chi connectivity index (χ2n) is 5.80. The smallest absolute Gasteiger partial charge is 0.230 e. The molecule has 2 aromatic rings. The van der Waals surface area contributed by atoms with E-state index in [4.69, 9.17) is 27.7 Å². The van der Waals surface area contributed by atoms with Crippen LogP contribution >= 0.6 is 23.2 Å². The van der Waals surface area contributed by atoms with Gasteiger partial charge in [0, 0.05) is 28.8 Å². The van der Waals surface area contributed by atoms with Gasteiger partial charge in [0.25, 0.3) is 0 Å². The summed E-state index contributed by atoms with van der Waals surface area (Å²) in [6, 6.07) is 5.15. The number of benzene rings is 1. The topological polar surface area (TPSA) is 56.0 Å². The van der Waals surface area contributed by atoms with E-state index in [2.05, 4.69) is 10.1 Å². The zero-order valence-electron chi connectivity index (χ0n) is 11.1. The van der Waals surface area contributed by atoms with E-state index < -0.39 is 0 Å². The van der Waals surface area contributed by atoms with E-state index >= 15 is 0 Å². The van der Waals surface area contributed by atoms with Gasteiger partial charge in [-0.25, -0.2) is 0 Å². The third kappa shape index (κ3) is 2.17. The third-order valence-corrected chi connectivity index (χ3v) is 5.04. The molecule has 1 aromatic carbocycles. The molecule has 0 amide bonds. The Morgan fingerprint density at radius 1 is 1.19 bits per heavy atom. The van der Waals surface area contributed by atoms with Gasteiger partial charge in [0.1, 0.15) is 5.78 Å². The Bertz CT molecular complexity index is 728. The van der Waals surface area contributed by atoms with Crippen LogP contribution in [0.4, 0.5) is 0 Å². The SMILES string of the molecule is O=C1C[C@@H]2CC(c3nc(-c4ccc(Cl)cc4Cl)no3)[C@H]1C2. The molecular formula is C15H12Cl2N2O2. The molecular weight excluding hydrogens is 311 g/mol. The fraction of sp³-hybridized carbons (Fsp3) is 0.400. The average molecular weight is 323 g/mol. The molecule has 2 aliphatic carbocycles. The van der Waals surface area contributed by atoms with Crippen LogP contribution in [0, 0.1) is 11.8 Å². The molecule has 0 aliphatic heterocycles. The molecule has 21 heavy (non-hydrogen) atoms. The first-order chi connectivity index (χ1) is 10.1. The Morgan fingerprint density at radius 3 is 2.71 bits per heavy atom. The van der Waals surface area contributed by atoms with Gasteiger partial charge in [0.15, 0.2) is 0 Å². The highest BCUT2D eigenvalue weighted by Crippen LogP contribution is 2.50. The number of hydrogen-bond acceptors (Lipinski definition) is 4. The highest BCUT2D eigenvalue weighted by Gasteiger charge is 2.48. The van der Waals surface area contributed by atoms with Gasteiger partial charge in [-0.3, -0.25) is 4.79 Å². The predicted octanol–water partition coefficient (Wildman–Crippen LogP) is 4.13. The molecule has 108 valence electrons. The van der Waals surface area contributed by atoms with Crippen LogP contribution in [0.25, 0.3) is 11.4 Å². The lowest BCUT2D eigenvalue weighted by Crippen LogP contribution is -2.18. The molecule has 0 radical (unpaired) electrons. The zero-order valence-corrected chi connectivity index (χ0v) is 12.6. The molecule has 2 bridgehead atoms. The average Bonchev–Trinajstić information content (AvgIpc) is 3.11. The maximum atomic E-state index is 11.9. The first-order valence-corrected chi connectivity index (χ1v) is 7.69. The van der Waals surface area contributed by atoms with Crippen molar-refractivity contribution in [2.75, 3.05) is 0 Å². The van der Waals surface area contributed by atoms with E-state index in [1.165, 1.54) is 0 Å². The number of fused-ring (bicyclic) bond motifs is 2. The second kappa shape index (κ2) is 4.82. The number of nitrogens with zero attached hydrogens (tertiary/aromatic N) is 2. The summed E-state index contributed by atoms with van der Waals surface area (Å²) in [6.07, 6.45) is 2.64. The molecule has 4 nitrogen and oxygen atoms in total. The number of halogens is 2. The lowest BCUT2D eigenvalue weighted by Gasteiger charge is -2.16. The lowest BCUT2D eigenvalue weighted by molar-refractivity contribution is -0.122. The number of aromatic nitrogens is 2. The minimum Gasteiger partial charge on any atom is -0.339 e. The fourth-order valence-electron chi connectivity index (χ4n) is 3.54. The number of hydrogen-bond donors (Lipinski definition) is 0. The Kier molecular flexibility index (Phi) is 3.05. The van der Waals surface area contributed by atoms with Crippen LogP contribution in [0.1, 0.15) is 31.1 Å². The molecule has 1 aromatic heterocycles. The van der Waals surface area contributed by atoms with Crippen LogP contribution in [-0.4, -0.2) is 15.9 Å². The first kappa shape index (κ1) is 13.3. The van der Waals surface area contributed by atoms with Crippen molar-refractivity contribution in [2.24, 2.45) is 11.8 Å². The van der Waals surface area contributed by atoms with E-state index in [1.807, 2.05) is 0 Å². The van der Waals surface area contributed by atoms with E-state index in [9.17, 15) is 4.79 Å². The molecule has 2 aliphatic rings. The third-order valence-electron chi connectivity index (χ3n) is 4.49. The quantitative estimate of drug-likeness (QED) is 0.834. The number of ketones is 1. The molecule has 0 N–H and O–H groups in total. The van der Waals surface area contributed by atoms with Crippen molar-refractivity contribution >= 4 is 29.0 Å². The Morgan fingerprint density at radius 2 is 2.00 bits per heavy atom. The van der Waals surface area contributed by atoms with Crippen LogP contribution in [0.2, 0.25) is 10.0 Å². The molecule has 0 saturated heterocycles. The van der Waals surface area contributed by atoms with E-state index in [1.54, 1.807) is 18.2 Å². The van der Waals surface area contributed by atoms with Crippen molar-refractivity contribution in [3.05, 3.63) is 34.1 Å². The van der Waals surface area contributed by atoms with Crippen LogP contribution in [-0.2, 0) is 4.79 Å². The van der Waals surface area contributed by atoms with Gasteiger partial charge < -0.3 is 4.52 Å². The molecule has 4 rings (SSSR count). The first-order valence-electron chi connectivity index (χ1n) is 6.93. The summed E-state index contributed by atoms with van der Waals surface area (Å²) in [5.74, 6) is 1.95. The molecule has 1 unspecified atom stereocenters. The number of Topliss-reactive ketones (excluding diaryl/α,β-unsaturated/α-hetero) is 1. The highest BCUT2D eigenvalue weighted by molar-refractivity contribution is 6.36. The summed E-state index contributed by atoms with van der Waals surface area (Å²) >= 11 is 12.0. The predicted molar refractivity (Wildman–Crippen MR) is 78.3 cm³/mol. The standard InChI is InChI=1S/C15H12Cl2N2O2/c16-8-1-2-9(12(17)6-8)14-18-15(21-19-14)11-4-7-3-10(11)13(20)5-7/h1-2,6-7,10-11H,3-5H2/t7-,10+,11?/m0/s1. The highest BCUT2D eigenvalue weighted by atomic mass is 35.5. The largest absolute Gasteiger partial charge is 0.339 e. The summed E-state index contributed by atoms with van der Waals surface area (Å²) in [5, 5.41) is 5.05. The Hall–Kier alpha value is -1.39. The van der Waals surface area contributed by atoms with Crippen molar-refractivity contribution < 1.29 is 9.32 Å². The van der Waals surface area contributed by atoms with Gasteiger partial charge in [-0.2, -0.15) is 4.98 Å². The van der Waals surface area contributed by atoms with Crippen LogP contribution in [0.5, 0.6) is 0 Å². The van der Waals surface area contributed by atoms with Gasteiger partial charge in [-0.15, -0.1) is 0 Å². The summed E-state index contributed by atoms with van der Waals surface area (Å²) in [4.78, 5) is 16.3. The van der Waals surface area contributed by atoms with Gasteiger partial charge >= 0.3 is 0 Å². The number of carbonyl (C=O) groups excluding carboxylic acids is 1. The van der Waals surface area contributed by atoms with Gasteiger partial charge in [0.05, 0.1) is 5.02 Å². The van der Waals surface area contributed by atoms with Crippen LogP contribution in [0.3, 0.4) is 0 Å². The summed E-state index contributed by atoms with van der Waals surface area (Å²) in [6.45, 7) is 0. The Labute approximate surface area is 131 Å². The maximum absolute atomic E-state index is 11.9. The summed E-state index contributed by atoms with van der Waals surface area (Å²) in [7, 11) is 0. The van der Waals surface area contributed by atoms with Gasteiger partial charge in [-0.1, -0.05) is 28.4 Å². The van der Waals surface area contributed by atoms with E-state index in [-0.39, 0.29) is 11.8 Å². The van der Waals surface area contributed by atoms with Crippen LogP contribution < -0.4 is 0 Å². The molecule has 2 fully saturated rings. The summed E-state index contributed by atoms with van der Waals surface area (Å²) in [5.41, 5.74) is 0.686. The monoisotopic (exact) mass is 322 g/mol. The molecule has 0 spiro atoms. The van der Waals surface area contributed by atoms with Crippen molar-refractivity contribution in [1.82, 2.24) is 10.1 Å². The fourth-order valence-corrected chi connectivity index (χ4v) is 4.03. The molecule has 2 saturated carbocycles. The van der Waals surface area contributed by atoms with E-state index in [0.29, 0.717) is 45.4 Å². The molecule has 6 heteroatoms. The lowest BCUT2D eigenvalue weighted by atomic mass is 9.88. The van der Waals surface area contributed by atoms with Gasteiger partial charge in [-0.05, 0) is 37.0 Å². The van der Waals surface area contributed by atoms with Crippen molar-refractivity contribution in [3.8, 4) is 11.4 Å². The minimum absolute atomic E-state index is 0.0592. The van der Waals surface area contributed by atoms with Crippen molar-refractivity contribution in [2.45, 2.75) is 25.2 Å². The number of rotatable bonds is 2. The van der Waals surface area contributed by atoms with Crippen molar-refractivity contribution in [3.63, 3.8) is 0 Å². The zero-order chi connectivity index (χ0) is 14.6. The molecule has 1 heterocycles. The van der Waals surface area contributed by atoms with E-state index in [0.717, 1.165) is 12.8 Å². The second-order valence-corrected chi connectivity index (χ2v) is 6.64. The maximum Gasteiger partial charge on any atom is 0.230 e. The minimum atomic E-state index is 0.0592. The summed E-state index contributed by atoms with van der Waals surface area (Å²) < 4.78 is 5.38. The van der Waals surface area contributed by atoms with Gasteiger partial charge in [0.2, 0.25) is 11.7 Å². The van der Waals surface area contributed by atoms with Crippen molar-refractivity contribution in [1.29, 1.82) is 0 Å². The number of carbonyl (C=O) groups is 1. The Balaban J connectivity index is 1.66. The molecule has 3 atom stereocenters. The normalized spacial score (nSPS) is 27.5.